The maximum Gasteiger partial charge on any atom is 1.00 e. The van der Waals surface area contributed by atoms with Crippen molar-refractivity contribution in [1.82, 2.24) is 29.5 Å². The van der Waals surface area contributed by atoms with E-state index < -0.39 is 67.1 Å². The summed E-state index contributed by atoms with van der Waals surface area (Å²) in [5.74, 6) is -0.785. The van der Waals surface area contributed by atoms with Crippen molar-refractivity contribution < 1.29 is 154 Å². The Morgan fingerprint density at radius 3 is 2.39 bits per heavy atom. The van der Waals surface area contributed by atoms with Gasteiger partial charge in [0.1, 0.15) is 36.1 Å². The molecule has 29 heteroatoms. The number of hydrogen-bond acceptors (Lipinski definition) is 19. The molecule has 5 N–H and O–H groups in total. The molecule has 236 valence electrons. The first-order valence-electron chi connectivity index (χ1n) is 11.4. The molecule has 0 spiro atoms. The average Bonchev–Trinajstić information content (AvgIpc) is 3.45. The smallest absolute Gasteiger partial charge is 0.756 e. The second-order valence-electron chi connectivity index (χ2n) is 8.26. The van der Waals surface area contributed by atoms with Crippen LogP contribution in [0.15, 0.2) is 24.8 Å². The molecule has 3 aromatic heterocycles. The van der Waals surface area contributed by atoms with Crippen molar-refractivity contribution >= 4 is 64.7 Å². The number of nitrogens with one attached hydrogen (secondary N) is 2. The summed E-state index contributed by atoms with van der Waals surface area (Å²) in [6.45, 7) is -1.60. The number of H-pyrrole nitrogens is 1. The molecule has 46 heavy (non-hydrogen) atoms. The molecule has 0 radical (unpaired) electrons. The van der Waals surface area contributed by atoms with Gasteiger partial charge in [-0.3, -0.25) is 28.4 Å². The summed E-state index contributed by atoms with van der Waals surface area (Å²) in [6.07, 6.45) is -0.986. The zero-order valence-electron chi connectivity index (χ0n) is 24.4. The molecule has 0 aliphatic carbocycles. The quantitative estimate of drug-likeness (QED) is 0.0715. The van der Waals surface area contributed by atoms with E-state index in [0.29, 0.717) is 0 Å². The van der Waals surface area contributed by atoms with Gasteiger partial charge in [0.25, 0.3) is 29.4 Å². The van der Waals surface area contributed by atoms with Crippen molar-refractivity contribution in [3.8, 4) is 0 Å². The van der Waals surface area contributed by atoms with E-state index in [-0.39, 0.29) is 116 Å². The Morgan fingerprint density at radius 2 is 1.78 bits per heavy atom. The molecule has 1 amide bonds. The molecule has 1 aliphatic rings. The number of aromatic nitrogens is 6. The fourth-order valence-electron chi connectivity index (χ4n) is 3.82. The number of anilines is 2. The van der Waals surface area contributed by atoms with Crippen LogP contribution < -0.4 is 114 Å². The number of carbonyl (C=O) groups excluding carboxylic acids is 1. The number of aromatic amines is 1. The molecule has 7 atom stereocenters. The molecule has 4 rings (SSSR count). The number of phosphoric acid groups is 3. The van der Waals surface area contributed by atoms with Crippen molar-refractivity contribution in [2.75, 3.05) is 31.4 Å². The Labute approximate surface area is 330 Å². The number of methoxy groups -OCH3 is 1. The van der Waals surface area contributed by atoms with Gasteiger partial charge in [-0.2, -0.15) is 0 Å². The van der Waals surface area contributed by atoms with Gasteiger partial charge in [-0.15, -0.1) is 0 Å². The van der Waals surface area contributed by atoms with Crippen LogP contribution in [0.25, 0.3) is 11.2 Å². The monoisotopic (exact) mass is 754 g/mol. The maximum absolute atomic E-state index is 12.5. The van der Waals surface area contributed by atoms with Crippen LogP contribution >= 0.6 is 35.7 Å². The normalized spacial score (nSPS) is 23.1. The number of carbonyl (C=O) groups is 1. The number of nitrogen functional groups attached to an aromatic ring is 1. The van der Waals surface area contributed by atoms with E-state index in [1.54, 1.807) is 0 Å². The minimum Gasteiger partial charge on any atom is -0.756 e. The van der Waals surface area contributed by atoms with Crippen LogP contribution in [0.5, 0.6) is 0 Å². The fraction of sp³-hybridized carbons (Fsp3) is 0.412. The van der Waals surface area contributed by atoms with Gasteiger partial charge in [0.05, 0.1) is 12.9 Å². The number of imidazole rings is 1. The summed E-state index contributed by atoms with van der Waals surface area (Å²) in [5.41, 5.74) is 6.17. The van der Waals surface area contributed by atoms with Crippen LogP contribution in [0.2, 0.25) is 0 Å². The van der Waals surface area contributed by atoms with Gasteiger partial charge in [0.2, 0.25) is 5.95 Å². The van der Waals surface area contributed by atoms with Crippen LogP contribution in [-0.2, 0) is 45.8 Å². The summed E-state index contributed by atoms with van der Waals surface area (Å²) in [5, 5.41) is 2.41. The third-order valence-electron chi connectivity index (χ3n) is 5.32. The van der Waals surface area contributed by atoms with E-state index >= 15 is 0 Å². The first kappa shape index (κ1) is 44.4. The first-order chi connectivity index (χ1) is 20.1. The molecule has 0 bridgehead atoms. The Bertz CT molecular complexity index is 1690. The van der Waals surface area contributed by atoms with Crippen molar-refractivity contribution in [3.63, 3.8) is 0 Å². The summed E-state index contributed by atoms with van der Waals surface area (Å²) in [4.78, 5) is 73.9. The maximum atomic E-state index is 12.5. The number of hydrogen-bond donors (Lipinski definition) is 4. The molecule has 1 aliphatic heterocycles. The Balaban J connectivity index is 0.00000353. The summed E-state index contributed by atoms with van der Waals surface area (Å²) in [6, 6.07) is 1.53. The largest absolute Gasteiger partial charge is 1.00 e. The van der Waals surface area contributed by atoms with Gasteiger partial charge in [-0.05, 0) is 6.07 Å². The van der Waals surface area contributed by atoms with Crippen molar-refractivity contribution in [2.45, 2.75) is 24.5 Å². The summed E-state index contributed by atoms with van der Waals surface area (Å²) in [7, 11) is -16.7. The van der Waals surface area contributed by atoms with Gasteiger partial charge in [0.15, 0.2) is 16.8 Å². The minimum absolute atomic E-state index is 0. The molecule has 22 nitrogen and oxygen atoms in total. The standard InChI is InChI=1S/C17H23N8O14P3S.3Na/c1-34-11-8(5-36-41(30,31)39-42(32,33)38-40(27,28)29)37-15(25-7-21-10-13(25)23-16(18)24-14(10)43)12(11)35-6-9(26)22-17-19-3-2-4-20-17;;;/h2-4,7-8,11-12,15H,5-6H2,1H3,(H,30,31)(H,32,33)(H2,27,28,29)(H3,18,23,24,43)(H,19,20,22,26);;;/q;3*+1/p-3/t8-,11?,12+,15-;;;/m1.../s1. The van der Waals surface area contributed by atoms with Crippen LogP contribution in [0, 0.1) is 4.64 Å². The second-order valence-corrected chi connectivity index (χ2v) is 12.9. The Morgan fingerprint density at radius 1 is 1.13 bits per heavy atom. The van der Waals surface area contributed by atoms with Crippen LogP contribution in [0.4, 0.5) is 11.9 Å². The van der Waals surface area contributed by atoms with E-state index in [1.807, 2.05) is 0 Å². The number of nitrogens with two attached hydrogens (primary N) is 1. The zero-order valence-corrected chi connectivity index (χ0v) is 33.9. The van der Waals surface area contributed by atoms with E-state index in [0.717, 1.165) is 0 Å². The number of phosphoric ester groups is 1. The van der Waals surface area contributed by atoms with E-state index in [2.05, 4.69) is 43.4 Å². The number of rotatable bonds is 13. The SMILES string of the molecule is COC1[C@@H](COP(=O)([O-])OP(=O)([O-])OP(=O)([O-])O)O[C@@H](n2cnc3c(=S)nc(N)[nH]c32)[C@H]1OCC(=O)Nc1ncccn1.[Na+].[Na+].[Na+]. The summed E-state index contributed by atoms with van der Waals surface area (Å²) >= 11 is 5.17. The molecule has 1 saturated heterocycles. The molecule has 1 fully saturated rings. The number of ether oxygens (including phenoxy) is 3. The molecular weight excluding hydrogens is 734 g/mol. The average molecular weight is 754 g/mol. The molecule has 0 aromatic carbocycles. The zero-order chi connectivity index (χ0) is 31.6. The van der Waals surface area contributed by atoms with E-state index in [1.165, 1.54) is 36.5 Å². The van der Waals surface area contributed by atoms with Crippen LogP contribution in [-0.4, -0.2) is 78.9 Å². The Hall–Kier alpha value is 0.410. The third kappa shape index (κ3) is 12.3. The predicted octanol–water partition coefficient (Wildman–Crippen LogP) is -10.7. The molecule has 4 unspecified atom stereocenters. The second kappa shape index (κ2) is 18.6. The van der Waals surface area contributed by atoms with E-state index in [4.69, 9.17) is 37.1 Å². The summed E-state index contributed by atoms with van der Waals surface area (Å²) < 4.78 is 64.3. The van der Waals surface area contributed by atoms with Crippen LogP contribution in [0.3, 0.4) is 0 Å². The van der Waals surface area contributed by atoms with Gasteiger partial charge < -0.3 is 49.0 Å². The number of amides is 1. The number of fused-ring (bicyclic) bond motifs is 1. The van der Waals surface area contributed by atoms with Gasteiger partial charge >= 0.3 is 88.7 Å². The van der Waals surface area contributed by atoms with Crippen LogP contribution in [0.1, 0.15) is 6.23 Å². The van der Waals surface area contributed by atoms with Crippen molar-refractivity contribution in [2.24, 2.45) is 0 Å². The predicted molar refractivity (Wildman–Crippen MR) is 135 cm³/mol. The molecular formula is C17H20N8Na3O14P3S. The number of nitrogens with zero attached hydrogens (tertiary/aromatic N) is 5. The van der Waals surface area contributed by atoms with Crippen molar-refractivity contribution in [3.05, 3.63) is 29.4 Å². The molecule has 0 saturated carbocycles. The minimum atomic E-state index is -6.14. The van der Waals surface area contributed by atoms with Gasteiger partial charge in [-0.25, -0.2) is 28.6 Å². The first-order valence-corrected chi connectivity index (χ1v) is 16.2. The van der Waals surface area contributed by atoms with Gasteiger partial charge in [0, 0.05) is 19.5 Å². The third-order valence-corrected chi connectivity index (χ3v) is 9.30. The van der Waals surface area contributed by atoms with E-state index in [9.17, 15) is 33.2 Å². The Kier molecular flexibility index (Phi) is 18.0. The topological polar surface area (TPSA) is 323 Å². The fourth-order valence-corrected chi connectivity index (χ4v) is 6.97. The van der Waals surface area contributed by atoms with Gasteiger partial charge in [-0.1, -0.05) is 12.2 Å². The van der Waals surface area contributed by atoms with Crippen molar-refractivity contribution in [1.29, 1.82) is 0 Å². The molecule has 4 heterocycles. The molecule has 3 aromatic rings.